The van der Waals surface area contributed by atoms with Crippen LogP contribution < -0.4 is 5.32 Å². The zero-order valence-corrected chi connectivity index (χ0v) is 5.40. The Labute approximate surface area is 57.1 Å². The second-order valence-corrected chi connectivity index (χ2v) is 1.58. The number of hydrogen-bond donors (Lipinski definition) is 1. The van der Waals surface area contributed by atoms with Crippen LogP contribution in [0.3, 0.4) is 0 Å². The minimum Gasteiger partial charge on any atom is -0.297 e. The van der Waals surface area contributed by atoms with Crippen molar-refractivity contribution in [1.29, 1.82) is 0 Å². The first-order valence-corrected chi connectivity index (χ1v) is 2.48. The lowest BCUT2D eigenvalue weighted by Crippen LogP contribution is -2.31. The second kappa shape index (κ2) is 4.42. The Morgan fingerprint density at radius 3 is 2.80 bits per heavy atom. The molecule has 0 aromatic heterocycles. The van der Waals surface area contributed by atoms with E-state index in [4.69, 9.17) is 0 Å². The maximum atomic E-state index is 10.4. The van der Waals surface area contributed by atoms with Crippen LogP contribution in [0.25, 0.3) is 0 Å². The standard InChI is InChI=1S/C4H7N3O3/c1-7(6-10)2-4(9)5-3-8/h3H,2H2,1H3,(H,5,8,9). The molecular formula is C4H7N3O3. The summed E-state index contributed by atoms with van der Waals surface area (Å²) < 4.78 is 0. The molecular weight excluding hydrogens is 138 g/mol. The zero-order chi connectivity index (χ0) is 7.98. The Kier molecular flexibility index (Phi) is 3.78. The molecule has 6 heteroatoms. The van der Waals surface area contributed by atoms with E-state index in [1.807, 2.05) is 5.32 Å². The Morgan fingerprint density at radius 1 is 1.80 bits per heavy atom. The number of nitrogens with zero attached hydrogens (tertiary/aromatic N) is 2. The van der Waals surface area contributed by atoms with Crippen molar-refractivity contribution in [1.82, 2.24) is 10.3 Å². The van der Waals surface area contributed by atoms with E-state index in [1.165, 1.54) is 7.05 Å². The molecule has 0 radical (unpaired) electrons. The minimum absolute atomic E-state index is 0.206. The van der Waals surface area contributed by atoms with Gasteiger partial charge < -0.3 is 0 Å². The molecule has 0 aromatic carbocycles. The summed E-state index contributed by atoms with van der Waals surface area (Å²) in [5.41, 5.74) is 0. The number of likely N-dealkylation sites (N-methyl/N-ethyl adjacent to an activating group) is 1. The molecule has 0 spiro atoms. The fourth-order valence-corrected chi connectivity index (χ4v) is 0.348. The normalized spacial score (nSPS) is 8.10. The molecule has 0 fully saturated rings. The number of amides is 2. The number of carbonyl (C=O) groups is 2. The molecule has 0 aliphatic heterocycles. The van der Waals surface area contributed by atoms with Crippen molar-refractivity contribution < 1.29 is 9.59 Å². The van der Waals surface area contributed by atoms with E-state index in [0.29, 0.717) is 0 Å². The summed E-state index contributed by atoms with van der Waals surface area (Å²) in [6.07, 6.45) is 0.251. The third kappa shape index (κ3) is 3.53. The van der Waals surface area contributed by atoms with Gasteiger partial charge in [-0.1, -0.05) is 0 Å². The van der Waals surface area contributed by atoms with Crippen LogP contribution in [-0.4, -0.2) is 30.9 Å². The first kappa shape index (κ1) is 8.54. The lowest BCUT2D eigenvalue weighted by molar-refractivity contribution is -0.125. The Hall–Kier alpha value is -1.46. The van der Waals surface area contributed by atoms with Gasteiger partial charge in [0.05, 0.1) is 5.29 Å². The predicted octanol–water partition coefficient (Wildman–Crippen LogP) is -1.13. The number of carbonyl (C=O) groups excluding carboxylic acids is 2. The van der Waals surface area contributed by atoms with Gasteiger partial charge in [0.25, 0.3) is 0 Å². The van der Waals surface area contributed by atoms with Crippen molar-refractivity contribution in [2.75, 3.05) is 13.6 Å². The fourth-order valence-electron chi connectivity index (χ4n) is 0.348. The summed E-state index contributed by atoms with van der Waals surface area (Å²) in [5.74, 6) is -0.558. The van der Waals surface area contributed by atoms with Gasteiger partial charge >= 0.3 is 0 Å². The average Bonchev–Trinajstić information content (AvgIpc) is 1.88. The minimum atomic E-state index is -0.558. The van der Waals surface area contributed by atoms with Crippen molar-refractivity contribution in [3.05, 3.63) is 4.91 Å². The summed E-state index contributed by atoms with van der Waals surface area (Å²) in [7, 11) is 1.33. The van der Waals surface area contributed by atoms with Gasteiger partial charge in [0.1, 0.15) is 6.54 Å². The van der Waals surface area contributed by atoms with Gasteiger partial charge in [0.15, 0.2) is 0 Å². The van der Waals surface area contributed by atoms with Crippen LogP contribution in [0.1, 0.15) is 0 Å². The molecule has 0 aliphatic rings. The highest BCUT2D eigenvalue weighted by Crippen LogP contribution is 1.78. The maximum absolute atomic E-state index is 10.4. The first-order valence-electron chi connectivity index (χ1n) is 2.48. The molecule has 0 heterocycles. The SMILES string of the molecule is CN(CC(=O)NC=O)N=O. The van der Waals surface area contributed by atoms with E-state index in [2.05, 4.69) is 5.29 Å². The molecule has 6 nitrogen and oxygen atoms in total. The molecule has 1 N–H and O–H groups in total. The third-order valence-electron chi connectivity index (χ3n) is 0.732. The van der Waals surface area contributed by atoms with E-state index in [-0.39, 0.29) is 13.0 Å². The molecule has 0 bridgehead atoms. The van der Waals surface area contributed by atoms with Crippen molar-refractivity contribution in [2.24, 2.45) is 5.29 Å². The summed E-state index contributed by atoms with van der Waals surface area (Å²) in [6, 6.07) is 0. The van der Waals surface area contributed by atoms with E-state index < -0.39 is 5.91 Å². The molecule has 0 saturated heterocycles. The Balaban J connectivity index is 3.56. The largest absolute Gasteiger partial charge is 0.297 e. The smallest absolute Gasteiger partial charge is 0.247 e. The first-order chi connectivity index (χ1) is 4.70. The highest BCUT2D eigenvalue weighted by molar-refractivity contribution is 5.87. The van der Waals surface area contributed by atoms with Crippen LogP contribution in [0.2, 0.25) is 0 Å². The van der Waals surface area contributed by atoms with Gasteiger partial charge in [-0.15, -0.1) is 4.91 Å². The van der Waals surface area contributed by atoms with Crippen LogP contribution in [0.5, 0.6) is 0 Å². The van der Waals surface area contributed by atoms with Gasteiger partial charge in [0, 0.05) is 7.05 Å². The molecule has 0 saturated carbocycles. The second-order valence-electron chi connectivity index (χ2n) is 1.58. The summed E-state index contributed by atoms with van der Waals surface area (Å²) in [5, 5.41) is 5.14. The summed E-state index contributed by atoms with van der Waals surface area (Å²) in [4.78, 5) is 29.7. The molecule has 2 amide bonds. The number of rotatable bonds is 4. The fraction of sp³-hybridized carbons (Fsp3) is 0.500. The van der Waals surface area contributed by atoms with Gasteiger partial charge in [0.2, 0.25) is 12.3 Å². The van der Waals surface area contributed by atoms with Crippen LogP contribution in [-0.2, 0) is 9.59 Å². The zero-order valence-electron chi connectivity index (χ0n) is 5.40. The molecule has 56 valence electrons. The highest BCUT2D eigenvalue weighted by Gasteiger charge is 2.02. The third-order valence-corrected chi connectivity index (χ3v) is 0.732. The van der Waals surface area contributed by atoms with Gasteiger partial charge in [-0.3, -0.25) is 19.9 Å². The van der Waals surface area contributed by atoms with Crippen LogP contribution in [0.15, 0.2) is 5.29 Å². The lowest BCUT2D eigenvalue weighted by Gasteiger charge is -2.04. The molecule has 0 aromatic rings. The summed E-state index contributed by atoms with van der Waals surface area (Å²) >= 11 is 0. The average molecular weight is 145 g/mol. The van der Waals surface area contributed by atoms with Crippen LogP contribution >= 0.6 is 0 Å². The summed E-state index contributed by atoms with van der Waals surface area (Å²) in [6.45, 7) is -0.206. The van der Waals surface area contributed by atoms with Gasteiger partial charge in [-0.25, -0.2) is 0 Å². The predicted molar refractivity (Wildman–Crippen MR) is 32.6 cm³/mol. The lowest BCUT2D eigenvalue weighted by atomic mass is 10.6. The van der Waals surface area contributed by atoms with Crippen molar-refractivity contribution in [2.45, 2.75) is 0 Å². The monoisotopic (exact) mass is 145 g/mol. The van der Waals surface area contributed by atoms with Crippen molar-refractivity contribution in [3.63, 3.8) is 0 Å². The van der Waals surface area contributed by atoms with E-state index in [9.17, 15) is 14.5 Å². The van der Waals surface area contributed by atoms with Gasteiger partial charge in [-0.2, -0.15) is 0 Å². The maximum Gasteiger partial charge on any atom is 0.247 e. The van der Waals surface area contributed by atoms with Crippen molar-refractivity contribution in [3.8, 4) is 0 Å². The Morgan fingerprint density at radius 2 is 2.40 bits per heavy atom. The highest BCUT2D eigenvalue weighted by atomic mass is 16.3. The van der Waals surface area contributed by atoms with Crippen LogP contribution in [0, 0.1) is 4.91 Å². The number of imide groups is 1. The topological polar surface area (TPSA) is 78.8 Å². The molecule has 10 heavy (non-hydrogen) atoms. The molecule has 0 rings (SSSR count). The van der Waals surface area contributed by atoms with E-state index in [0.717, 1.165) is 5.01 Å². The quantitative estimate of drug-likeness (QED) is 0.308. The van der Waals surface area contributed by atoms with Crippen molar-refractivity contribution >= 4 is 12.3 Å². The van der Waals surface area contributed by atoms with E-state index in [1.54, 1.807) is 0 Å². The number of hydrogen-bond acceptors (Lipinski definition) is 4. The molecule has 0 unspecified atom stereocenters. The van der Waals surface area contributed by atoms with Crippen LogP contribution in [0.4, 0.5) is 0 Å². The molecule has 0 atom stereocenters. The van der Waals surface area contributed by atoms with E-state index >= 15 is 0 Å². The number of nitroso groups, excluding NO2 is 1. The number of nitrogens with one attached hydrogen (secondary N) is 1. The van der Waals surface area contributed by atoms with Gasteiger partial charge in [-0.05, 0) is 0 Å². The Bertz CT molecular complexity index is 147. The molecule has 0 aliphatic carbocycles.